The Labute approximate surface area is 133 Å². The van der Waals surface area contributed by atoms with Crippen LogP contribution in [0.25, 0.3) is 0 Å². The van der Waals surface area contributed by atoms with Crippen LogP contribution in [0.15, 0.2) is 46.9 Å². The molecule has 2 rings (SSSR count). The highest BCUT2D eigenvalue weighted by molar-refractivity contribution is 9.10. The topological polar surface area (TPSA) is 21.3 Å². The first-order valence-electron chi connectivity index (χ1n) is 6.95. The van der Waals surface area contributed by atoms with Crippen molar-refractivity contribution in [1.29, 1.82) is 0 Å². The Bertz CT molecular complexity index is 601. The van der Waals surface area contributed by atoms with Gasteiger partial charge in [0.2, 0.25) is 0 Å². The Morgan fingerprint density at radius 3 is 2.52 bits per heavy atom. The van der Waals surface area contributed by atoms with E-state index in [1.807, 2.05) is 24.3 Å². The van der Waals surface area contributed by atoms with Crippen molar-refractivity contribution in [2.24, 2.45) is 0 Å². The highest BCUT2D eigenvalue weighted by atomic mass is 79.9. The third kappa shape index (κ3) is 4.55. The first-order valence-corrected chi connectivity index (χ1v) is 7.74. The van der Waals surface area contributed by atoms with Crippen LogP contribution >= 0.6 is 15.9 Å². The van der Waals surface area contributed by atoms with E-state index in [0.29, 0.717) is 18.2 Å². The molecule has 2 nitrogen and oxygen atoms in total. The minimum Gasteiger partial charge on any atom is -0.487 e. The van der Waals surface area contributed by atoms with Crippen LogP contribution in [0.5, 0.6) is 5.75 Å². The normalized spacial score (nSPS) is 10.9. The number of rotatable bonds is 6. The van der Waals surface area contributed by atoms with Gasteiger partial charge in [0, 0.05) is 23.7 Å². The SMILES string of the molecule is CC(C)NCc1cccc(Br)c1OCc1ccccc1F. The molecule has 0 aliphatic rings. The molecule has 0 fully saturated rings. The lowest BCUT2D eigenvalue weighted by Gasteiger charge is -2.15. The lowest BCUT2D eigenvalue weighted by atomic mass is 10.2. The Hall–Kier alpha value is -1.39. The van der Waals surface area contributed by atoms with Crippen LogP contribution < -0.4 is 10.1 Å². The number of ether oxygens (including phenoxy) is 1. The minimum absolute atomic E-state index is 0.212. The van der Waals surface area contributed by atoms with Gasteiger partial charge in [0.05, 0.1) is 4.47 Å². The molecule has 0 aliphatic heterocycles. The molecule has 0 aromatic heterocycles. The van der Waals surface area contributed by atoms with Gasteiger partial charge in [-0.05, 0) is 28.1 Å². The molecule has 0 aliphatic carbocycles. The number of hydrogen-bond donors (Lipinski definition) is 1. The largest absolute Gasteiger partial charge is 0.487 e. The Morgan fingerprint density at radius 2 is 1.81 bits per heavy atom. The summed E-state index contributed by atoms with van der Waals surface area (Å²) >= 11 is 3.50. The zero-order valence-corrected chi connectivity index (χ0v) is 13.8. The first-order chi connectivity index (χ1) is 10.1. The molecular weight excluding hydrogens is 333 g/mol. The second-order valence-electron chi connectivity index (χ2n) is 5.14. The van der Waals surface area contributed by atoms with Crippen LogP contribution in [0.2, 0.25) is 0 Å². The number of nitrogens with one attached hydrogen (secondary N) is 1. The Kier molecular flexibility index (Phi) is 5.76. The summed E-state index contributed by atoms with van der Waals surface area (Å²) < 4.78 is 20.4. The maximum Gasteiger partial charge on any atom is 0.138 e. The van der Waals surface area contributed by atoms with E-state index in [1.165, 1.54) is 6.07 Å². The predicted octanol–water partition coefficient (Wildman–Crippen LogP) is 4.67. The molecule has 0 heterocycles. The van der Waals surface area contributed by atoms with E-state index in [9.17, 15) is 4.39 Å². The molecule has 112 valence electrons. The van der Waals surface area contributed by atoms with Gasteiger partial charge in [-0.2, -0.15) is 0 Å². The average Bonchev–Trinajstić information content (AvgIpc) is 2.45. The van der Waals surface area contributed by atoms with Gasteiger partial charge in [-0.15, -0.1) is 0 Å². The van der Waals surface area contributed by atoms with Crippen molar-refractivity contribution in [1.82, 2.24) is 5.32 Å². The van der Waals surface area contributed by atoms with Crippen LogP contribution in [0.3, 0.4) is 0 Å². The van der Waals surface area contributed by atoms with E-state index in [1.54, 1.807) is 12.1 Å². The van der Waals surface area contributed by atoms with E-state index < -0.39 is 0 Å². The summed E-state index contributed by atoms with van der Waals surface area (Å²) in [5.74, 6) is 0.514. The van der Waals surface area contributed by atoms with Crippen LogP contribution in [-0.4, -0.2) is 6.04 Å². The summed E-state index contributed by atoms with van der Waals surface area (Å²) in [6.45, 7) is 5.11. The molecule has 0 spiro atoms. The molecule has 0 radical (unpaired) electrons. The Morgan fingerprint density at radius 1 is 1.10 bits per heavy atom. The summed E-state index contributed by atoms with van der Waals surface area (Å²) in [6, 6.07) is 13.0. The van der Waals surface area contributed by atoms with Crippen molar-refractivity contribution in [2.75, 3.05) is 0 Å². The van der Waals surface area contributed by atoms with E-state index >= 15 is 0 Å². The molecule has 21 heavy (non-hydrogen) atoms. The number of halogens is 2. The van der Waals surface area contributed by atoms with Crippen LogP contribution in [0.4, 0.5) is 4.39 Å². The summed E-state index contributed by atoms with van der Waals surface area (Å²) in [5.41, 5.74) is 1.60. The van der Waals surface area contributed by atoms with E-state index in [0.717, 1.165) is 15.8 Å². The molecule has 1 N–H and O–H groups in total. The zero-order chi connectivity index (χ0) is 15.2. The number of para-hydroxylation sites is 1. The summed E-state index contributed by atoms with van der Waals surface area (Å²) in [7, 11) is 0. The van der Waals surface area contributed by atoms with Crippen LogP contribution in [-0.2, 0) is 13.2 Å². The van der Waals surface area contributed by atoms with Gasteiger partial charge in [-0.1, -0.05) is 44.2 Å². The number of benzene rings is 2. The summed E-state index contributed by atoms with van der Waals surface area (Å²) in [5, 5.41) is 3.36. The maximum atomic E-state index is 13.6. The van der Waals surface area contributed by atoms with Gasteiger partial charge in [0.1, 0.15) is 18.2 Å². The lowest BCUT2D eigenvalue weighted by Crippen LogP contribution is -2.22. The molecule has 0 amide bonds. The van der Waals surface area contributed by atoms with Crippen molar-refractivity contribution in [2.45, 2.75) is 33.0 Å². The molecule has 4 heteroatoms. The van der Waals surface area contributed by atoms with Crippen molar-refractivity contribution in [3.05, 3.63) is 63.9 Å². The molecule has 2 aromatic rings. The maximum absolute atomic E-state index is 13.6. The number of hydrogen-bond acceptors (Lipinski definition) is 2. The standard InChI is InChI=1S/C17H19BrFNO/c1-12(2)20-10-13-7-5-8-15(18)17(13)21-11-14-6-3-4-9-16(14)19/h3-9,12,20H,10-11H2,1-2H3. The van der Waals surface area contributed by atoms with Crippen LogP contribution in [0.1, 0.15) is 25.0 Å². The van der Waals surface area contributed by atoms with Crippen LogP contribution in [0, 0.1) is 5.82 Å². The van der Waals surface area contributed by atoms with Crippen molar-refractivity contribution in [3.8, 4) is 5.75 Å². The summed E-state index contributed by atoms with van der Waals surface area (Å²) in [4.78, 5) is 0. The molecular formula is C17H19BrFNO. The van der Waals surface area contributed by atoms with Gasteiger partial charge >= 0.3 is 0 Å². The predicted molar refractivity (Wildman–Crippen MR) is 86.8 cm³/mol. The van der Waals surface area contributed by atoms with E-state index in [2.05, 4.69) is 35.1 Å². The fourth-order valence-electron chi connectivity index (χ4n) is 1.93. The minimum atomic E-state index is -0.244. The first kappa shape index (κ1) is 16.0. The van der Waals surface area contributed by atoms with Gasteiger partial charge in [-0.25, -0.2) is 4.39 Å². The molecule has 0 atom stereocenters. The lowest BCUT2D eigenvalue weighted by molar-refractivity contribution is 0.293. The van der Waals surface area contributed by atoms with E-state index in [4.69, 9.17) is 4.74 Å². The van der Waals surface area contributed by atoms with Gasteiger partial charge in [0.15, 0.2) is 0 Å². The second-order valence-corrected chi connectivity index (χ2v) is 6.00. The molecule has 0 bridgehead atoms. The average molecular weight is 352 g/mol. The van der Waals surface area contributed by atoms with Crippen molar-refractivity contribution < 1.29 is 9.13 Å². The highest BCUT2D eigenvalue weighted by Crippen LogP contribution is 2.30. The quantitative estimate of drug-likeness (QED) is 0.816. The smallest absolute Gasteiger partial charge is 0.138 e. The van der Waals surface area contributed by atoms with Gasteiger partial charge in [-0.3, -0.25) is 0 Å². The summed E-state index contributed by atoms with van der Waals surface area (Å²) in [6.07, 6.45) is 0. The fourth-order valence-corrected chi connectivity index (χ4v) is 2.46. The molecule has 0 saturated heterocycles. The highest BCUT2D eigenvalue weighted by Gasteiger charge is 2.10. The fraction of sp³-hybridized carbons (Fsp3) is 0.294. The molecule has 0 unspecified atom stereocenters. The molecule has 0 saturated carbocycles. The van der Waals surface area contributed by atoms with Gasteiger partial charge in [0.25, 0.3) is 0 Å². The zero-order valence-electron chi connectivity index (χ0n) is 12.2. The third-order valence-electron chi connectivity index (χ3n) is 3.08. The van der Waals surface area contributed by atoms with Crippen molar-refractivity contribution >= 4 is 15.9 Å². The monoisotopic (exact) mass is 351 g/mol. The second kappa shape index (κ2) is 7.57. The third-order valence-corrected chi connectivity index (χ3v) is 3.70. The van der Waals surface area contributed by atoms with Gasteiger partial charge < -0.3 is 10.1 Å². The Balaban J connectivity index is 2.13. The molecule has 2 aromatic carbocycles. The van der Waals surface area contributed by atoms with Crippen molar-refractivity contribution in [3.63, 3.8) is 0 Å². The van der Waals surface area contributed by atoms with E-state index in [-0.39, 0.29) is 12.4 Å².